The molecule has 2 N–H and O–H groups in total. The van der Waals surface area contributed by atoms with Gasteiger partial charge >= 0.3 is 11.9 Å². The monoisotopic (exact) mass is 326 g/mol. The summed E-state index contributed by atoms with van der Waals surface area (Å²) in [6, 6.07) is 16.4. The molecule has 126 valence electrons. The highest BCUT2D eigenvalue weighted by molar-refractivity contribution is 5.67. The molecule has 4 nitrogen and oxygen atoms in total. The van der Waals surface area contributed by atoms with Crippen molar-refractivity contribution in [2.24, 2.45) is 0 Å². The molecule has 0 bridgehead atoms. The summed E-state index contributed by atoms with van der Waals surface area (Å²) in [5.41, 5.74) is 4.53. The second-order valence-corrected chi connectivity index (χ2v) is 5.89. The maximum absolute atomic E-state index is 10.5. The van der Waals surface area contributed by atoms with Gasteiger partial charge in [0.1, 0.15) is 0 Å². The van der Waals surface area contributed by atoms with Crippen molar-refractivity contribution in [3.63, 3.8) is 0 Å². The number of hydrogen-bond donors (Lipinski definition) is 2. The fourth-order valence-corrected chi connectivity index (χ4v) is 2.62. The maximum Gasteiger partial charge on any atom is 0.303 e. The van der Waals surface area contributed by atoms with E-state index in [4.69, 9.17) is 10.2 Å². The molecule has 0 amide bonds. The molecule has 0 aliphatic carbocycles. The van der Waals surface area contributed by atoms with Crippen LogP contribution in [0.5, 0.6) is 0 Å². The van der Waals surface area contributed by atoms with Gasteiger partial charge in [0.05, 0.1) is 0 Å². The van der Waals surface area contributed by atoms with Crippen molar-refractivity contribution in [3.8, 4) is 11.1 Å². The van der Waals surface area contributed by atoms with E-state index in [2.05, 4.69) is 24.3 Å². The van der Waals surface area contributed by atoms with E-state index in [1.165, 1.54) is 0 Å². The van der Waals surface area contributed by atoms with E-state index in [1.807, 2.05) is 24.3 Å². The molecule has 24 heavy (non-hydrogen) atoms. The lowest BCUT2D eigenvalue weighted by atomic mass is 9.99. The van der Waals surface area contributed by atoms with Crippen molar-refractivity contribution in [3.05, 3.63) is 59.7 Å². The zero-order valence-corrected chi connectivity index (χ0v) is 13.6. The molecule has 2 rings (SSSR count). The van der Waals surface area contributed by atoms with Crippen molar-refractivity contribution in [2.75, 3.05) is 0 Å². The predicted octanol–water partition coefficient (Wildman–Crippen LogP) is 4.17. The first kappa shape index (κ1) is 17.7. The highest BCUT2D eigenvalue weighted by Gasteiger charge is 2.02. The van der Waals surface area contributed by atoms with E-state index in [9.17, 15) is 9.59 Å². The largest absolute Gasteiger partial charge is 0.481 e. The molecule has 4 heteroatoms. The first-order valence-corrected chi connectivity index (χ1v) is 8.16. The molecule has 0 atom stereocenters. The van der Waals surface area contributed by atoms with E-state index in [-0.39, 0.29) is 12.8 Å². The third kappa shape index (κ3) is 5.88. The van der Waals surface area contributed by atoms with Crippen LogP contribution in [0.25, 0.3) is 11.1 Å². The normalized spacial score (nSPS) is 10.5. The zero-order chi connectivity index (χ0) is 17.4. The molecule has 0 aliphatic heterocycles. The van der Waals surface area contributed by atoms with Crippen LogP contribution in [0.3, 0.4) is 0 Å². The van der Waals surface area contributed by atoms with Crippen molar-refractivity contribution in [1.29, 1.82) is 0 Å². The average Bonchev–Trinajstić information content (AvgIpc) is 2.56. The van der Waals surface area contributed by atoms with Crippen LogP contribution in [0.4, 0.5) is 0 Å². The Kier molecular flexibility index (Phi) is 6.55. The number of hydrogen-bond acceptors (Lipinski definition) is 2. The highest BCUT2D eigenvalue weighted by Crippen LogP contribution is 2.21. The number of benzene rings is 2. The Morgan fingerprint density at radius 1 is 0.625 bits per heavy atom. The maximum atomic E-state index is 10.5. The molecular formula is C20H22O4. The lowest BCUT2D eigenvalue weighted by molar-refractivity contribution is -0.138. The molecule has 2 aromatic carbocycles. The van der Waals surface area contributed by atoms with Gasteiger partial charge in [0.2, 0.25) is 0 Å². The SMILES string of the molecule is O=C(O)CCCc1ccc(-c2ccc(CCCC(=O)O)cc2)cc1. The van der Waals surface area contributed by atoms with Gasteiger partial charge in [-0.15, -0.1) is 0 Å². The molecule has 0 unspecified atom stereocenters. The Morgan fingerprint density at radius 3 is 1.25 bits per heavy atom. The van der Waals surface area contributed by atoms with Gasteiger partial charge in [0.25, 0.3) is 0 Å². The van der Waals surface area contributed by atoms with E-state index in [1.54, 1.807) is 0 Å². The number of aryl methyl sites for hydroxylation is 2. The standard InChI is InChI=1S/C20H22O4/c21-19(22)5-1-3-15-7-11-17(12-8-15)18-13-9-16(10-14-18)4-2-6-20(23)24/h7-14H,1-6H2,(H,21,22)(H,23,24). The highest BCUT2D eigenvalue weighted by atomic mass is 16.4. The minimum absolute atomic E-state index is 0.199. The summed E-state index contributed by atoms with van der Waals surface area (Å²) in [7, 11) is 0. The number of carbonyl (C=O) groups is 2. The molecule has 0 spiro atoms. The smallest absolute Gasteiger partial charge is 0.303 e. The fraction of sp³-hybridized carbons (Fsp3) is 0.300. The van der Waals surface area contributed by atoms with Crippen molar-refractivity contribution in [1.82, 2.24) is 0 Å². The molecular weight excluding hydrogens is 304 g/mol. The van der Waals surface area contributed by atoms with Gasteiger partial charge in [-0.2, -0.15) is 0 Å². The van der Waals surface area contributed by atoms with Gasteiger partial charge < -0.3 is 10.2 Å². The molecule has 0 saturated carbocycles. The first-order chi connectivity index (χ1) is 11.5. The van der Waals surface area contributed by atoms with Crippen LogP contribution >= 0.6 is 0 Å². The summed E-state index contributed by atoms with van der Waals surface area (Å²) in [4.78, 5) is 21.1. The lowest BCUT2D eigenvalue weighted by Gasteiger charge is -2.06. The quantitative estimate of drug-likeness (QED) is 0.725. The molecule has 0 aliphatic rings. The molecule has 2 aromatic rings. The van der Waals surface area contributed by atoms with Gasteiger partial charge in [-0.05, 0) is 47.9 Å². The number of carboxylic acid groups (broad SMARTS) is 2. The summed E-state index contributed by atoms with van der Waals surface area (Å²) in [6.45, 7) is 0. The molecule has 0 heterocycles. The third-order valence-corrected chi connectivity index (χ3v) is 3.95. The second kappa shape index (κ2) is 8.87. The van der Waals surface area contributed by atoms with Crippen molar-refractivity contribution >= 4 is 11.9 Å². The minimum atomic E-state index is -0.755. The summed E-state index contributed by atoms with van der Waals surface area (Å²) in [6.07, 6.45) is 3.25. The molecule has 0 saturated heterocycles. The third-order valence-electron chi connectivity index (χ3n) is 3.95. The van der Waals surface area contributed by atoms with Gasteiger partial charge in [-0.3, -0.25) is 9.59 Å². The minimum Gasteiger partial charge on any atom is -0.481 e. The first-order valence-electron chi connectivity index (χ1n) is 8.16. The second-order valence-electron chi connectivity index (χ2n) is 5.89. The van der Waals surface area contributed by atoms with E-state index in [0.717, 1.165) is 35.1 Å². The number of aliphatic carboxylic acids is 2. The Bertz CT molecular complexity index is 610. The fourth-order valence-electron chi connectivity index (χ4n) is 2.62. The van der Waals surface area contributed by atoms with Gasteiger partial charge in [0.15, 0.2) is 0 Å². The molecule has 0 aromatic heterocycles. The van der Waals surface area contributed by atoms with Crippen LogP contribution < -0.4 is 0 Å². The zero-order valence-electron chi connectivity index (χ0n) is 13.6. The van der Waals surface area contributed by atoms with Crippen LogP contribution in [0.1, 0.15) is 36.8 Å². The summed E-state index contributed by atoms with van der Waals surface area (Å²) in [5.74, 6) is -1.51. The van der Waals surface area contributed by atoms with Gasteiger partial charge in [-0.25, -0.2) is 0 Å². The van der Waals surface area contributed by atoms with Gasteiger partial charge in [0, 0.05) is 12.8 Å². The van der Waals surface area contributed by atoms with Crippen LogP contribution in [-0.2, 0) is 22.4 Å². The van der Waals surface area contributed by atoms with Crippen LogP contribution in [-0.4, -0.2) is 22.2 Å². The summed E-state index contributed by atoms with van der Waals surface area (Å²) >= 11 is 0. The molecule has 0 radical (unpaired) electrons. The lowest BCUT2D eigenvalue weighted by Crippen LogP contribution is -1.96. The van der Waals surface area contributed by atoms with E-state index >= 15 is 0 Å². The number of rotatable bonds is 9. The Balaban J connectivity index is 1.91. The van der Waals surface area contributed by atoms with E-state index in [0.29, 0.717) is 12.8 Å². The van der Waals surface area contributed by atoms with E-state index < -0.39 is 11.9 Å². The average molecular weight is 326 g/mol. The van der Waals surface area contributed by atoms with Crippen LogP contribution in [0.15, 0.2) is 48.5 Å². The Hall–Kier alpha value is -2.62. The predicted molar refractivity (Wildman–Crippen MR) is 93.0 cm³/mol. The summed E-state index contributed by atoms with van der Waals surface area (Å²) < 4.78 is 0. The van der Waals surface area contributed by atoms with Crippen LogP contribution in [0, 0.1) is 0 Å². The Labute approximate surface area is 141 Å². The van der Waals surface area contributed by atoms with Gasteiger partial charge in [-0.1, -0.05) is 48.5 Å². The Morgan fingerprint density at radius 2 is 0.958 bits per heavy atom. The van der Waals surface area contributed by atoms with Crippen molar-refractivity contribution < 1.29 is 19.8 Å². The van der Waals surface area contributed by atoms with Crippen molar-refractivity contribution in [2.45, 2.75) is 38.5 Å². The molecule has 0 fully saturated rings. The number of carboxylic acids is 2. The topological polar surface area (TPSA) is 74.6 Å². The summed E-state index contributed by atoms with van der Waals surface area (Å²) in [5, 5.41) is 17.3. The van der Waals surface area contributed by atoms with Crippen LogP contribution in [0.2, 0.25) is 0 Å².